The summed E-state index contributed by atoms with van der Waals surface area (Å²) >= 11 is 0. The minimum absolute atomic E-state index is 0.155. The third-order valence-corrected chi connectivity index (χ3v) is 6.59. The van der Waals surface area contributed by atoms with Gasteiger partial charge in [-0.15, -0.1) is 0 Å². The molecule has 1 atom stereocenters. The molecule has 1 N–H and O–H groups in total. The second-order valence-electron chi connectivity index (χ2n) is 8.65. The van der Waals surface area contributed by atoms with Crippen LogP contribution in [-0.2, 0) is 11.4 Å². The molecule has 162 valence electrons. The number of aromatic nitrogens is 1. The number of nitrogens with zero attached hydrogens (tertiary/aromatic N) is 1. The van der Waals surface area contributed by atoms with Crippen molar-refractivity contribution in [3.63, 3.8) is 0 Å². The van der Waals surface area contributed by atoms with Gasteiger partial charge < -0.3 is 10.1 Å². The molecular weight excluding hydrogens is 408 g/mol. The van der Waals surface area contributed by atoms with Gasteiger partial charge >= 0.3 is 0 Å². The average Bonchev–Trinajstić information content (AvgIpc) is 2.88. The zero-order valence-electron chi connectivity index (χ0n) is 18.3. The standard InChI is InChI=1S/C29H24N2O2/c32-26-10-4-8-23-27-22-9-5-17-30-24(22)15-16-25(27)31-29(28(23)26)20-11-13-21(14-12-20)33-18-19-6-2-1-3-7-19/h1-3,5-7,9,11-17,29,31H,4,8,10,18H2/t29-/m0/s1. The topological polar surface area (TPSA) is 51.2 Å². The van der Waals surface area contributed by atoms with Crippen molar-refractivity contribution >= 4 is 27.9 Å². The molecule has 0 saturated heterocycles. The second-order valence-corrected chi connectivity index (χ2v) is 8.65. The fraction of sp³-hybridized carbons (Fsp3) is 0.172. The second kappa shape index (κ2) is 8.21. The summed E-state index contributed by atoms with van der Waals surface area (Å²) in [6.45, 7) is 0.532. The molecule has 0 saturated carbocycles. The Morgan fingerprint density at radius 3 is 2.61 bits per heavy atom. The van der Waals surface area contributed by atoms with Gasteiger partial charge in [-0.3, -0.25) is 9.78 Å². The normalized spacial score (nSPS) is 17.3. The first-order valence-corrected chi connectivity index (χ1v) is 11.5. The molecule has 2 aliphatic rings. The highest BCUT2D eigenvalue weighted by Gasteiger charge is 2.34. The fourth-order valence-corrected chi connectivity index (χ4v) is 5.03. The molecule has 1 aromatic heterocycles. The molecule has 4 aromatic rings. The van der Waals surface area contributed by atoms with E-state index in [1.54, 1.807) is 0 Å². The maximum atomic E-state index is 13.1. The van der Waals surface area contributed by atoms with E-state index in [4.69, 9.17) is 4.74 Å². The highest BCUT2D eigenvalue weighted by Crippen LogP contribution is 2.47. The number of ether oxygens (including phenoxy) is 1. The van der Waals surface area contributed by atoms with Crippen molar-refractivity contribution in [2.24, 2.45) is 0 Å². The molecule has 4 heteroatoms. The van der Waals surface area contributed by atoms with E-state index in [-0.39, 0.29) is 11.8 Å². The van der Waals surface area contributed by atoms with Crippen molar-refractivity contribution in [3.05, 3.63) is 107 Å². The predicted molar refractivity (Wildman–Crippen MR) is 131 cm³/mol. The minimum atomic E-state index is -0.155. The maximum Gasteiger partial charge on any atom is 0.161 e. The fourth-order valence-electron chi connectivity index (χ4n) is 5.03. The van der Waals surface area contributed by atoms with Crippen LogP contribution in [0, 0.1) is 0 Å². The average molecular weight is 433 g/mol. The lowest BCUT2D eigenvalue weighted by Crippen LogP contribution is -2.27. The Labute approximate surface area is 192 Å². The molecule has 0 spiro atoms. The molecule has 6 rings (SSSR count). The summed E-state index contributed by atoms with van der Waals surface area (Å²) in [6, 6.07) is 26.3. The van der Waals surface area contributed by atoms with Crippen molar-refractivity contribution < 1.29 is 9.53 Å². The van der Waals surface area contributed by atoms with Crippen LogP contribution in [0.15, 0.2) is 90.6 Å². The number of anilines is 1. The lowest BCUT2D eigenvalue weighted by Gasteiger charge is -2.35. The third-order valence-electron chi connectivity index (χ3n) is 6.59. The number of benzene rings is 3. The van der Waals surface area contributed by atoms with Crippen LogP contribution in [0.5, 0.6) is 5.75 Å². The van der Waals surface area contributed by atoms with Gasteiger partial charge in [0.15, 0.2) is 5.78 Å². The smallest absolute Gasteiger partial charge is 0.161 e. The summed E-state index contributed by atoms with van der Waals surface area (Å²) < 4.78 is 5.96. The summed E-state index contributed by atoms with van der Waals surface area (Å²) in [5.74, 6) is 1.06. The van der Waals surface area contributed by atoms with E-state index in [9.17, 15) is 4.79 Å². The van der Waals surface area contributed by atoms with Gasteiger partial charge in [-0.2, -0.15) is 0 Å². The number of nitrogens with one attached hydrogen (secondary N) is 1. The van der Waals surface area contributed by atoms with Gasteiger partial charge in [-0.1, -0.05) is 48.5 Å². The molecular formula is C29H24N2O2. The molecule has 0 amide bonds. The first-order valence-electron chi connectivity index (χ1n) is 11.5. The highest BCUT2D eigenvalue weighted by molar-refractivity contribution is 6.12. The Morgan fingerprint density at radius 1 is 0.909 bits per heavy atom. The van der Waals surface area contributed by atoms with Crippen LogP contribution in [-0.4, -0.2) is 10.8 Å². The SMILES string of the molecule is O=C1CCCC2=C1[C@H](c1ccc(OCc3ccccc3)cc1)Nc1ccc3ncccc3c12. The molecule has 2 heterocycles. The number of rotatable bonds is 4. The molecule has 0 unspecified atom stereocenters. The number of hydrogen-bond donors (Lipinski definition) is 1. The van der Waals surface area contributed by atoms with Crippen LogP contribution in [0.1, 0.15) is 42.0 Å². The van der Waals surface area contributed by atoms with Crippen LogP contribution in [0.25, 0.3) is 16.5 Å². The van der Waals surface area contributed by atoms with E-state index < -0.39 is 0 Å². The Balaban J connectivity index is 1.36. The van der Waals surface area contributed by atoms with Crippen LogP contribution in [0.4, 0.5) is 5.69 Å². The predicted octanol–water partition coefficient (Wildman–Crippen LogP) is 6.49. The van der Waals surface area contributed by atoms with Gasteiger partial charge in [-0.25, -0.2) is 0 Å². The van der Waals surface area contributed by atoms with Crippen LogP contribution in [0.3, 0.4) is 0 Å². The molecule has 1 aliphatic carbocycles. The van der Waals surface area contributed by atoms with E-state index in [0.29, 0.717) is 13.0 Å². The van der Waals surface area contributed by atoms with Crippen molar-refractivity contribution in [2.75, 3.05) is 5.32 Å². The van der Waals surface area contributed by atoms with E-state index in [2.05, 4.69) is 52.8 Å². The monoisotopic (exact) mass is 432 g/mol. The zero-order chi connectivity index (χ0) is 22.2. The first kappa shape index (κ1) is 19.7. The largest absolute Gasteiger partial charge is 0.489 e. The van der Waals surface area contributed by atoms with Gasteiger partial charge in [-0.05, 0) is 59.9 Å². The number of pyridine rings is 1. The summed E-state index contributed by atoms with van der Waals surface area (Å²) in [7, 11) is 0. The molecule has 3 aromatic carbocycles. The number of carbonyl (C=O) groups is 1. The number of hydrogen-bond acceptors (Lipinski definition) is 4. The Morgan fingerprint density at radius 2 is 1.76 bits per heavy atom. The first-order chi connectivity index (χ1) is 16.3. The highest BCUT2D eigenvalue weighted by atomic mass is 16.5. The third kappa shape index (κ3) is 3.58. The number of Topliss-reactive ketones (excluding diaryl/α,β-unsaturated/α-hetero) is 1. The number of fused-ring (bicyclic) bond motifs is 4. The van der Waals surface area contributed by atoms with E-state index in [1.165, 1.54) is 5.57 Å². The maximum absolute atomic E-state index is 13.1. The summed E-state index contributed by atoms with van der Waals surface area (Å²) in [5, 5.41) is 4.77. The van der Waals surface area contributed by atoms with Crippen molar-refractivity contribution in [3.8, 4) is 5.75 Å². The van der Waals surface area contributed by atoms with Crippen molar-refractivity contribution in [1.82, 2.24) is 4.98 Å². The summed E-state index contributed by atoms with van der Waals surface area (Å²) in [4.78, 5) is 17.7. The van der Waals surface area contributed by atoms with Crippen LogP contribution in [0.2, 0.25) is 0 Å². The Bertz CT molecular complexity index is 1370. The van der Waals surface area contributed by atoms with Crippen LogP contribution >= 0.6 is 0 Å². The Hall–Kier alpha value is -3.92. The molecule has 1 aliphatic heterocycles. The molecule has 33 heavy (non-hydrogen) atoms. The number of carbonyl (C=O) groups excluding carboxylic acids is 1. The minimum Gasteiger partial charge on any atom is -0.489 e. The molecule has 0 radical (unpaired) electrons. The lowest BCUT2D eigenvalue weighted by molar-refractivity contribution is -0.116. The summed E-state index contributed by atoms with van der Waals surface area (Å²) in [6.07, 6.45) is 4.23. The van der Waals surface area contributed by atoms with E-state index >= 15 is 0 Å². The van der Waals surface area contributed by atoms with Gasteiger partial charge in [0, 0.05) is 34.8 Å². The van der Waals surface area contributed by atoms with Crippen molar-refractivity contribution in [2.45, 2.75) is 31.9 Å². The quantitative estimate of drug-likeness (QED) is 0.401. The number of allylic oxidation sites excluding steroid dienone is 1. The van der Waals surface area contributed by atoms with E-state index in [0.717, 1.165) is 57.4 Å². The van der Waals surface area contributed by atoms with Gasteiger partial charge in [0.25, 0.3) is 0 Å². The van der Waals surface area contributed by atoms with Gasteiger partial charge in [0.05, 0.1) is 11.6 Å². The summed E-state index contributed by atoms with van der Waals surface area (Å²) in [5.41, 5.74) is 7.46. The lowest BCUT2D eigenvalue weighted by atomic mass is 9.77. The van der Waals surface area contributed by atoms with Gasteiger partial charge in [0.2, 0.25) is 0 Å². The zero-order valence-corrected chi connectivity index (χ0v) is 18.3. The molecule has 4 nitrogen and oxygen atoms in total. The van der Waals surface area contributed by atoms with Crippen LogP contribution < -0.4 is 10.1 Å². The van der Waals surface area contributed by atoms with Gasteiger partial charge in [0.1, 0.15) is 12.4 Å². The molecule has 0 bridgehead atoms. The Kier molecular flexibility index (Phi) is 4.91. The van der Waals surface area contributed by atoms with Crippen molar-refractivity contribution in [1.29, 1.82) is 0 Å². The molecule has 0 fully saturated rings. The number of ketones is 1. The van der Waals surface area contributed by atoms with E-state index in [1.807, 2.05) is 42.6 Å².